The first-order chi connectivity index (χ1) is 12.2. The summed E-state index contributed by atoms with van der Waals surface area (Å²) in [5.41, 5.74) is 0.254. The highest BCUT2D eigenvalue weighted by molar-refractivity contribution is 5.93. The predicted octanol–water partition coefficient (Wildman–Crippen LogP) is 2.32. The average Bonchev–Trinajstić information content (AvgIpc) is 2.57. The number of carbonyl (C=O) groups excluding carboxylic acids is 2. The van der Waals surface area contributed by atoms with Crippen molar-refractivity contribution in [1.82, 2.24) is 4.90 Å². The molecule has 1 amide bonds. The van der Waals surface area contributed by atoms with Crippen LogP contribution in [0, 0.1) is 22.0 Å². The molecule has 2 atom stereocenters. The standard InChI is InChI=1S/C18H25N3O5/c1-12-7-13(2)10-20(9-12)17(22)11-26-18(23)14-5-6-15(19(3)4)16(8-14)21(24)25/h5-6,8,12-13H,7,9-11H2,1-4H3/t12-,13-/m0/s1. The van der Waals surface area contributed by atoms with Gasteiger partial charge in [0.25, 0.3) is 11.6 Å². The number of nitrogens with zero attached hydrogens (tertiary/aromatic N) is 3. The summed E-state index contributed by atoms with van der Waals surface area (Å²) in [4.78, 5) is 38.4. The van der Waals surface area contributed by atoms with Crippen LogP contribution in [-0.4, -0.2) is 55.5 Å². The van der Waals surface area contributed by atoms with Crippen molar-refractivity contribution in [2.45, 2.75) is 20.3 Å². The third kappa shape index (κ3) is 4.71. The molecular weight excluding hydrogens is 338 g/mol. The minimum absolute atomic E-state index is 0.0514. The first-order valence-electron chi connectivity index (χ1n) is 8.59. The number of piperidine rings is 1. The number of carbonyl (C=O) groups is 2. The summed E-state index contributed by atoms with van der Waals surface area (Å²) in [7, 11) is 3.36. The van der Waals surface area contributed by atoms with Gasteiger partial charge in [-0.2, -0.15) is 0 Å². The number of hydrogen-bond acceptors (Lipinski definition) is 6. The largest absolute Gasteiger partial charge is 0.452 e. The fourth-order valence-corrected chi connectivity index (χ4v) is 3.34. The Kier molecular flexibility index (Phi) is 6.18. The molecule has 0 aliphatic carbocycles. The van der Waals surface area contributed by atoms with Gasteiger partial charge in [-0.15, -0.1) is 0 Å². The van der Waals surface area contributed by atoms with E-state index in [0.29, 0.717) is 30.6 Å². The number of rotatable bonds is 5. The van der Waals surface area contributed by atoms with Crippen molar-refractivity contribution in [1.29, 1.82) is 0 Å². The number of esters is 1. The van der Waals surface area contributed by atoms with E-state index in [4.69, 9.17) is 4.74 Å². The molecule has 1 aliphatic heterocycles. The van der Waals surface area contributed by atoms with Crippen LogP contribution in [0.4, 0.5) is 11.4 Å². The highest BCUT2D eigenvalue weighted by Crippen LogP contribution is 2.28. The number of likely N-dealkylation sites (tertiary alicyclic amines) is 1. The molecule has 1 saturated heterocycles. The Balaban J connectivity index is 2.02. The Bertz CT molecular complexity index is 694. The maximum Gasteiger partial charge on any atom is 0.338 e. The van der Waals surface area contributed by atoms with Crippen molar-refractivity contribution < 1.29 is 19.2 Å². The third-order valence-corrected chi connectivity index (χ3v) is 4.44. The van der Waals surface area contributed by atoms with Gasteiger partial charge in [-0.1, -0.05) is 13.8 Å². The molecule has 1 fully saturated rings. The van der Waals surface area contributed by atoms with Crippen LogP contribution in [0.5, 0.6) is 0 Å². The molecule has 0 aromatic heterocycles. The molecule has 142 valence electrons. The van der Waals surface area contributed by atoms with Gasteiger partial charge in [0.2, 0.25) is 0 Å². The molecule has 0 N–H and O–H groups in total. The summed E-state index contributed by atoms with van der Waals surface area (Å²) in [6, 6.07) is 4.12. The van der Waals surface area contributed by atoms with Gasteiger partial charge in [-0.05, 0) is 30.4 Å². The molecule has 2 rings (SSSR count). The molecule has 0 radical (unpaired) electrons. The van der Waals surface area contributed by atoms with E-state index in [9.17, 15) is 19.7 Å². The summed E-state index contributed by atoms with van der Waals surface area (Å²) in [6.07, 6.45) is 1.07. The van der Waals surface area contributed by atoms with Crippen LogP contribution in [0.3, 0.4) is 0 Å². The van der Waals surface area contributed by atoms with Crippen LogP contribution in [0.25, 0.3) is 0 Å². The van der Waals surface area contributed by atoms with Gasteiger partial charge < -0.3 is 14.5 Å². The van der Waals surface area contributed by atoms with E-state index in [1.807, 2.05) is 0 Å². The van der Waals surface area contributed by atoms with Gasteiger partial charge in [0.05, 0.1) is 10.5 Å². The Morgan fingerprint density at radius 3 is 2.42 bits per heavy atom. The molecule has 0 saturated carbocycles. The van der Waals surface area contributed by atoms with E-state index in [1.54, 1.807) is 23.9 Å². The lowest BCUT2D eigenvalue weighted by Gasteiger charge is -2.34. The smallest absolute Gasteiger partial charge is 0.338 e. The van der Waals surface area contributed by atoms with Crippen molar-refractivity contribution >= 4 is 23.3 Å². The lowest BCUT2D eigenvalue weighted by molar-refractivity contribution is -0.384. The van der Waals surface area contributed by atoms with Crippen molar-refractivity contribution in [2.75, 3.05) is 38.7 Å². The van der Waals surface area contributed by atoms with Gasteiger partial charge in [-0.25, -0.2) is 4.79 Å². The second-order valence-electron chi connectivity index (χ2n) is 7.18. The van der Waals surface area contributed by atoms with Crippen LogP contribution < -0.4 is 4.90 Å². The molecule has 1 heterocycles. The fraction of sp³-hybridized carbons (Fsp3) is 0.556. The van der Waals surface area contributed by atoms with Crippen LogP contribution in [-0.2, 0) is 9.53 Å². The predicted molar refractivity (Wildman–Crippen MR) is 97.2 cm³/mol. The quantitative estimate of drug-likeness (QED) is 0.453. The molecule has 26 heavy (non-hydrogen) atoms. The first kappa shape index (κ1) is 19.7. The summed E-state index contributed by atoms with van der Waals surface area (Å²) >= 11 is 0. The lowest BCUT2D eigenvalue weighted by atomic mass is 9.92. The van der Waals surface area contributed by atoms with Crippen LogP contribution in [0.1, 0.15) is 30.6 Å². The lowest BCUT2D eigenvalue weighted by Crippen LogP contribution is -2.44. The van der Waals surface area contributed by atoms with E-state index in [1.165, 1.54) is 18.2 Å². The van der Waals surface area contributed by atoms with Gasteiger partial charge in [0, 0.05) is 33.3 Å². The van der Waals surface area contributed by atoms with E-state index in [-0.39, 0.29) is 23.8 Å². The Hall–Kier alpha value is -2.64. The number of nitro benzene ring substituents is 1. The van der Waals surface area contributed by atoms with E-state index in [0.717, 1.165) is 6.42 Å². The fourth-order valence-electron chi connectivity index (χ4n) is 3.34. The minimum atomic E-state index is -0.745. The molecular formula is C18H25N3O5. The molecule has 1 aliphatic rings. The van der Waals surface area contributed by atoms with Crippen LogP contribution in [0.15, 0.2) is 18.2 Å². The second-order valence-corrected chi connectivity index (χ2v) is 7.18. The second kappa shape index (κ2) is 8.16. The number of anilines is 1. The van der Waals surface area contributed by atoms with Crippen molar-refractivity contribution in [3.63, 3.8) is 0 Å². The monoisotopic (exact) mass is 363 g/mol. The van der Waals surface area contributed by atoms with E-state index >= 15 is 0 Å². The first-order valence-corrected chi connectivity index (χ1v) is 8.59. The molecule has 0 unspecified atom stereocenters. The molecule has 8 nitrogen and oxygen atoms in total. The van der Waals surface area contributed by atoms with Gasteiger partial charge in [0.1, 0.15) is 5.69 Å². The number of ether oxygens (including phenoxy) is 1. The van der Waals surface area contributed by atoms with Gasteiger partial charge in [0.15, 0.2) is 6.61 Å². The number of nitro groups is 1. The third-order valence-electron chi connectivity index (χ3n) is 4.44. The SMILES string of the molecule is C[C@H]1C[C@H](C)CN(C(=O)COC(=O)c2ccc(N(C)C)c([N+](=O)[O-])c2)C1. The highest BCUT2D eigenvalue weighted by atomic mass is 16.6. The van der Waals surface area contributed by atoms with Gasteiger partial charge >= 0.3 is 5.97 Å². The molecule has 0 bridgehead atoms. The number of benzene rings is 1. The molecule has 0 spiro atoms. The molecule has 8 heteroatoms. The number of hydrogen-bond donors (Lipinski definition) is 0. The maximum absolute atomic E-state index is 12.3. The van der Waals surface area contributed by atoms with E-state index in [2.05, 4.69) is 13.8 Å². The Labute approximate surface area is 152 Å². The molecule has 1 aromatic carbocycles. The zero-order chi connectivity index (χ0) is 19.4. The average molecular weight is 363 g/mol. The summed E-state index contributed by atoms with van der Waals surface area (Å²) in [5.74, 6) is -0.153. The zero-order valence-electron chi connectivity index (χ0n) is 15.6. The highest BCUT2D eigenvalue weighted by Gasteiger charge is 2.26. The van der Waals surface area contributed by atoms with Crippen LogP contribution in [0.2, 0.25) is 0 Å². The van der Waals surface area contributed by atoms with Crippen molar-refractivity contribution in [3.05, 3.63) is 33.9 Å². The number of amides is 1. The Morgan fingerprint density at radius 2 is 1.88 bits per heavy atom. The van der Waals surface area contributed by atoms with Crippen molar-refractivity contribution in [2.24, 2.45) is 11.8 Å². The summed E-state index contributed by atoms with van der Waals surface area (Å²) < 4.78 is 5.08. The zero-order valence-corrected chi connectivity index (χ0v) is 15.6. The maximum atomic E-state index is 12.3. The minimum Gasteiger partial charge on any atom is -0.452 e. The van der Waals surface area contributed by atoms with Crippen LogP contribution >= 0.6 is 0 Å². The van der Waals surface area contributed by atoms with E-state index < -0.39 is 10.9 Å². The summed E-state index contributed by atoms with van der Waals surface area (Å²) in [6.45, 7) is 5.13. The van der Waals surface area contributed by atoms with Gasteiger partial charge in [-0.3, -0.25) is 14.9 Å². The normalized spacial score (nSPS) is 19.8. The topological polar surface area (TPSA) is 93.0 Å². The Morgan fingerprint density at radius 1 is 1.27 bits per heavy atom. The van der Waals surface area contributed by atoms with Crippen molar-refractivity contribution in [3.8, 4) is 0 Å². The molecule has 1 aromatic rings. The summed E-state index contributed by atoms with van der Waals surface area (Å²) in [5, 5.41) is 11.2.